The number of carbonyl (C=O) groups excluding carboxylic acids is 2. The Bertz CT molecular complexity index is 696. The second-order valence-electron chi connectivity index (χ2n) is 5.63. The zero-order valence-corrected chi connectivity index (χ0v) is 13.6. The summed E-state index contributed by atoms with van der Waals surface area (Å²) in [5, 5.41) is 5.59. The Morgan fingerprint density at radius 2 is 1.78 bits per heavy atom. The highest BCUT2D eigenvalue weighted by Gasteiger charge is 2.17. The normalized spacial score (nSPS) is 11.6. The van der Waals surface area contributed by atoms with Crippen LogP contribution in [0.25, 0.3) is 0 Å². The van der Waals surface area contributed by atoms with E-state index in [9.17, 15) is 9.59 Å². The second kappa shape index (κ2) is 7.54. The molecule has 0 bridgehead atoms. The fourth-order valence-corrected chi connectivity index (χ4v) is 2.28. The molecule has 120 valence electrons. The van der Waals surface area contributed by atoms with Crippen molar-refractivity contribution in [3.63, 3.8) is 0 Å². The van der Waals surface area contributed by atoms with Crippen molar-refractivity contribution in [1.82, 2.24) is 10.3 Å². The molecule has 1 aromatic carbocycles. The van der Waals surface area contributed by atoms with E-state index in [1.54, 1.807) is 12.3 Å². The van der Waals surface area contributed by atoms with Crippen LogP contribution < -0.4 is 10.6 Å². The Morgan fingerprint density at radius 1 is 1.09 bits per heavy atom. The van der Waals surface area contributed by atoms with Gasteiger partial charge in [0.2, 0.25) is 11.8 Å². The number of amides is 2. The maximum atomic E-state index is 12.3. The van der Waals surface area contributed by atoms with Crippen molar-refractivity contribution in [2.24, 2.45) is 0 Å². The van der Waals surface area contributed by atoms with Crippen molar-refractivity contribution < 1.29 is 9.59 Å². The van der Waals surface area contributed by atoms with E-state index in [2.05, 4.69) is 15.6 Å². The number of hydrogen-bond donors (Lipinski definition) is 2. The molecule has 2 rings (SSSR count). The van der Waals surface area contributed by atoms with E-state index < -0.39 is 0 Å². The maximum Gasteiger partial charge on any atom is 0.227 e. The number of anilines is 1. The lowest BCUT2D eigenvalue weighted by Crippen LogP contribution is -2.29. The summed E-state index contributed by atoms with van der Waals surface area (Å²) >= 11 is 0. The van der Waals surface area contributed by atoms with Gasteiger partial charge < -0.3 is 10.6 Å². The van der Waals surface area contributed by atoms with Gasteiger partial charge >= 0.3 is 0 Å². The van der Waals surface area contributed by atoms with Crippen molar-refractivity contribution >= 4 is 17.6 Å². The molecule has 0 aliphatic heterocycles. The van der Waals surface area contributed by atoms with Crippen LogP contribution in [-0.2, 0) is 9.59 Å². The zero-order chi connectivity index (χ0) is 16.8. The number of nitrogens with zero attached hydrogens (tertiary/aromatic N) is 1. The van der Waals surface area contributed by atoms with Crippen molar-refractivity contribution in [2.45, 2.75) is 33.2 Å². The molecular weight excluding hydrogens is 290 g/mol. The van der Waals surface area contributed by atoms with Crippen molar-refractivity contribution in [3.05, 3.63) is 59.3 Å². The lowest BCUT2D eigenvalue weighted by atomic mass is 10.0. The number of carbonyl (C=O) groups is 2. The molecule has 0 spiro atoms. The van der Waals surface area contributed by atoms with Crippen LogP contribution in [0.2, 0.25) is 0 Å². The third-order valence-corrected chi connectivity index (χ3v) is 3.43. The fourth-order valence-electron chi connectivity index (χ4n) is 2.28. The summed E-state index contributed by atoms with van der Waals surface area (Å²) in [6.45, 7) is 5.37. The maximum absolute atomic E-state index is 12.3. The molecule has 2 aromatic rings. The Morgan fingerprint density at radius 3 is 2.39 bits per heavy atom. The lowest BCUT2D eigenvalue weighted by molar-refractivity contribution is -0.120. The van der Waals surface area contributed by atoms with Crippen molar-refractivity contribution in [2.75, 3.05) is 5.32 Å². The Balaban J connectivity index is 2.09. The quantitative estimate of drug-likeness (QED) is 0.892. The molecule has 23 heavy (non-hydrogen) atoms. The molecule has 0 aliphatic rings. The summed E-state index contributed by atoms with van der Waals surface area (Å²) in [6, 6.07) is 11.1. The molecule has 2 N–H and O–H groups in total. The third-order valence-electron chi connectivity index (χ3n) is 3.43. The number of aryl methyl sites for hydroxylation is 2. The standard InChI is InChI=1S/C18H21N3O2/c1-12-4-6-15(7-5-12)16(20-14(3)22)11-18(23)21-17-10-13(2)8-9-19-17/h4-10,16H,11H2,1-3H3,(H,20,22)(H,19,21,23)/t16-/m0/s1. The van der Waals surface area contributed by atoms with Crippen LogP contribution >= 0.6 is 0 Å². The van der Waals surface area contributed by atoms with Crippen LogP contribution in [-0.4, -0.2) is 16.8 Å². The highest BCUT2D eigenvalue weighted by Crippen LogP contribution is 2.18. The van der Waals surface area contributed by atoms with Crippen molar-refractivity contribution in [1.29, 1.82) is 0 Å². The monoisotopic (exact) mass is 311 g/mol. The van der Waals surface area contributed by atoms with Gasteiger partial charge in [-0.3, -0.25) is 9.59 Å². The number of hydrogen-bond acceptors (Lipinski definition) is 3. The zero-order valence-electron chi connectivity index (χ0n) is 13.6. The van der Waals surface area contributed by atoms with Crippen LogP contribution in [0.15, 0.2) is 42.6 Å². The van der Waals surface area contributed by atoms with E-state index in [0.29, 0.717) is 5.82 Å². The van der Waals surface area contributed by atoms with Crippen LogP contribution in [0, 0.1) is 13.8 Å². The first kappa shape index (κ1) is 16.7. The van der Waals surface area contributed by atoms with Gasteiger partial charge in [-0.1, -0.05) is 29.8 Å². The van der Waals surface area contributed by atoms with Gasteiger partial charge in [-0.25, -0.2) is 4.98 Å². The van der Waals surface area contributed by atoms with Gasteiger partial charge in [0.15, 0.2) is 0 Å². The average Bonchev–Trinajstić information content (AvgIpc) is 2.46. The summed E-state index contributed by atoms with van der Waals surface area (Å²) < 4.78 is 0. The van der Waals surface area contributed by atoms with Gasteiger partial charge in [0.05, 0.1) is 12.5 Å². The SMILES string of the molecule is CC(=O)N[C@@H](CC(=O)Nc1cc(C)ccn1)c1ccc(C)cc1. The molecule has 0 saturated heterocycles. The minimum absolute atomic E-state index is 0.151. The Labute approximate surface area is 136 Å². The number of benzene rings is 1. The van der Waals surface area contributed by atoms with Crippen LogP contribution in [0.5, 0.6) is 0 Å². The average molecular weight is 311 g/mol. The summed E-state index contributed by atoms with van der Waals surface area (Å²) in [7, 11) is 0. The topological polar surface area (TPSA) is 71.1 Å². The van der Waals surface area contributed by atoms with E-state index in [-0.39, 0.29) is 24.3 Å². The molecule has 0 saturated carbocycles. The molecule has 2 amide bonds. The van der Waals surface area contributed by atoms with Gasteiger partial charge in [-0.2, -0.15) is 0 Å². The second-order valence-corrected chi connectivity index (χ2v) is 5.63. The fraction of sp³-hybridized carbons (Fsp3) is 0.278. The van der Waals surface area contributed by atoms with Gasteiger partial charge in [0, 0.05) is 13.1 Å². The minimum atomic E-state index is -0.363. The highest BCUT2D eigenvalue weighted by atomic mass is 16.2. The van der Waals surface area contributed by atoms with E-state index in [0.717, 1.165) is 16.7 Å². The molecule has 5 nitrogen and oxygen atoms in total. The number of rotatable bonds is 5. The predicted molar refractivity (Wildman–Crippen MR) is 90.0 cm³/mol. The van der Waals surface area contributed by atoms with Crippen LogP contribution in [0.4, 0.5) is 5.82 Å². The molecule has 0 radical (unpaired) electrons. The summed E-state index contributed by atoms with van der Waals surface area (Å²) in [5.74, 6) is 0.153. The first-order chi connectivity index (χ1) is 10.9. The molecule has 0 unspecified atom stereocenters. The van der Waals surface area contributed by atoms with E-state index in [4.69, 9.17) is 0 Å². The van der Waals surface area contributed by atoms with Gasteiger partial charge in [-0.05, 0) is 37.1 Å². The molecule has 0 aliphatic carbocycles. The third kappa shape index (κ3) is 5.21. The van der Waals surface area contributed by atoms with Gasteiger partial charge in [0.1, 0.15) is 5.82 Å². The molecule has 1 heterocycles. The number of aromatic nitrogens is 1. The number of pyridine rings is 1. The largest absolute Gasteiger partial charge is 0.349 e. The smallest absolute Gasteiger partial charge is 0.227 e. The summed E-state index contributed by atoms with van der Waals surface area (Å²) in [4.78, 5) is 27.8. The molecule has 0 fully saturated rings. The van der Waals surface area contributed by atoms with Gasteiger partial charge in [0.25, 0.3) is 0 Å². The predicted octanol–water partition coefficient (Wildman–Crippen LogP) is 2.90. The number of nitrogens with one attached hydrogen (secondary N) is 2. The molecular formula is C18H21N3O2. The Kier molecular flexibility index (Phi) is 5.46. The van der Waals surface area contributed by atoms with E-state index in [1.165, 1.54) is 6.92 Å². The van der Waals surface area contributed by atoms with Crippen LogP contribution in [0.3, 0.4) is 0 Å². The molecule has 5 heteroatoms. The van der Waals surface area contributed by atoms with E-state index >= 15 is 0 Å². The first-order valence-electron chi connectivity index (χ1n) is 7.50. The van der Waals surface area contributed by atoms with Gasteiger partial charge in [-0.15, -0.1) is 0 Å². The minimum Gasteiger partial charge on any atom is -0.349 e. The highest BCUT2D eigenvalue weighted by molar-refractivity contribution is 5.90. The summed E-state index contributed by atoms with van der Waals surface area (Å²) in [5.41, 5.74) is 3.05. The molecule has 1 aromatic heterocycles. The van der Waals surface area contributed by atoms with Crippen LogP contribution in [0.1, 0.15) is 36.1 Å². The summed E-state index contributed by atoms with van der Waals surface area (Å²) in [6.07, 6.45) is 1.80. The lowest BCUT2D eigenvalue weighted by Gasteiger charge is -2.18. The first-order valence-corrected chi connectivity index (χ1v) is 7.50. The van der Waals surface area contributed by atoms with E-state index in [1.807, 2.05) is 44.2 Å². The molecule has 1 atom stereocenters. The van der Waals surface area contributed by atoms with Crippen molar-refractivity contribution in [3.8, 4) is 0 Å². The Hall–Kier alpha value is -2.69.